The zero-order chi connectivity index (χ0) is 23.0. The first-order valence-corrected chi connectivity index (χ1v) is 12.4. The van der Waals surface area contributed by atoms with Gasteiger partial charge in [-0.1, -0.05) is 61.9 Å². The van der Waals surface area contributed by atoms with E-state index in [4.69, 9.17) is 4.74 Å². The van der Waals surface area contributed by atoms with Crippen molar-refractivity contribution >= 4 is 29.0 Å². The Kier molecular flexibility index (Phi) is 7.73. The number of hydrogen-bond acceptors (Lipinski definition) is 5. The lowest BCUT2D eigenvalue weighted by molar-refractivity contribution is 0.0916. The Morgan fingerprint density at radius 3 is 2.58 bits per heavy atom. The molecule has 4 rings (SSSR count). The maximum absolute atomic E-state index is 12.9. The number of hydrogen-bond donors (Lipinski definition) is 1. The molecule has 3 aromatic rings. The van der Waals surface area contributed by atoms with Gasteiger partial charge in [0.05, 0.1) is 11.6 Å². The number of ether oxygens (including phenoxy) is 1. The average molecular weight is 464 g/mol. The number of likely N-dealkylation sites (tertiary alicyclic amines) is 1. The first-order valence-electron chi connectivity index (χ1n) is 11.5. The highest BCUT2D eigenvalue weighted by molar-refractivity contribution is 7.10. The van der Waals surface area contributed by atoms with Crippen molar-refractivity contribution in [3.8, 4) is 11.1 Å². The second-order valence-electron chi connectivity index (χ2n) is 8.17. The molecule has 1 aromatic heterocycles. The minimum atomic E-state index is -0.224. The number of carbonyl (C=O) groups excluding carboxylic acids is 2. The molecule has 1 saturated heterocycles. The van der Waals surface area contributed by atoms with Gasteiger partial charge in [-0.25, -0.2) is 9.78 Å². The topological polar surface area (TPSA) is 71.5 Å². The summed E-state index contributed by atoms with van der Waals surface area (Å²) in [6, 6.07) is 17.8. The molecule has 2 heterocycles. The van der Waals surface area contributed by atoms with Crippen LogP contribution in [-0.2, 0) is 4.74 Å². The van der Waals surface area contributed by atoms with E-state index >= 15 is 0 Å². The van der Waals surface area contributed by atoms with Crippen LogP contribution in [-0.4, -0.2) is 41.6 Å². The van der Waals surface area contributed by atoms with E-state index in [0.29, 0.717) is 25.4 Å². The second kappa shape index (κ2) is 11.1. The van der Waals surface area contributed by atoms with E-state index in [0.717, 1.165) is 47.5 Å². The summed E-state index contributed by atoms with van der Waals surface area (Å²) in [5.41, 5.74) is 3.21. The van der Waals surface area contributed by atoms with E-state index in [1.54, 1.807) is 4.90 Å². The van der Waals surface area contributed by atoms with Gasteiger partial charge in [-0.15, -0.1) is 11.3 Å². The molecule has 7 heteroatoms. The van der Waals surface area contributed by atoms with Crippen LogP contribution in [0.4, 0.5) is 10.5 Å². The Morgan fingerprint density at radius 2 is 1.82 bits per heavy atom. The molecule has 1 aliphatic rings. The summed E-state index contributed by atoms with van der Waals surface area (Å²) in [4.78, 5) is 31.5. The largest absolute Gasteiger partial charge is 0.449 e. The fraction of sp³-hybridized carbons (Fsp3) is 0.346. The minimum Gasteiger partial charge on any atom is -0.449 e. The number of anilines is 1. The average Bonchev–Trinajstić information content (AvgIpc) is 3.36. The Hall–Kier alpha value is -3.19. The van der Waals surface area contributed by atoms with Crippen molar-refractivity contribution in [1.29, 1.82) is 0 Å². The fourth-order valence-electron chi connectivity index (χ4n) is 3.93. The Labute approximate surface area is 198 Å². The predicted octanol–water partition coefficient (Wildman–Crippen LogP) is 6.18. The number of nitrogens with zero attached hydrogens (tertiary/aromatic N) is 2. The predicted molar refractivity (Wildman–Crippen MR) is 132 cm³/mol. The van der Waals surface area contributed by atoms with Gasteiger partial charge in [0.2, 0.25) is 0 Å². The number of aromatic nitrogens is 1. The van der Waals surface area contributed by atoms with Crippen molar-refractivity contribution in [2.24, 2.45) is 0 Å². The normalized spacial score (nSPS) is 14.2. The van der Waals surface area contributed by atoms with Gasteiger partial charge in [-0.05, 0) is 30.9 Å². The van der Waals surface area contributed by atoms with Gasteiger partial charge in [0.1, 0.15) is 5.69 Å². The van der Waals surface area contributed by atoms with Gasteiger partial charge >= 0.3 is 6.09 Å². The standard InChI is InChI=1S/C26H29N3O3S/c1-2-3-17-32-26(31)29-15-13-20(14-16-29)25-28-23(18-33-25)24(30)27-22-12-8-7-11-21(22)19-9-5-4-6-10-19/h4-12,18,20H,2-3,13-17H2,1H3,(H,27,30). The molecule has 6 nitrogen and oxygen atoms in total. The minimum absolute atomic E-state index is 0.210. The van der Waals surface area contributed by atoms with E-state index in [-0.39, 0.29) is 17.9 Å². The lowest BCUT2D eigenvalue weighted by Gasteiger charge is -2.30. The van der Waals surface area contributed by atoms with Crippen molar-refractivity contribution < 1.29 is 14.3 Å². The van der Waals surface area contributed by atoms with Crippen LogP contribution in [0, 0.1) is 0 Å². The third kappa shape index (κ3) is 5.79. The van der Waals surface area contributed by atoms with Gasteiger partial charge in [-0.3, -0.25) is 4.79 Å². The van der Waals surface area contributed by atoms with Crippen molar-refractivity contribution in [3.63, 3.8) is 0 Å². The number of piperidine rings is 1. The number of benzene rings is 2. The Balaban J connectivity index is 1.36. The van der Waals surface area contributed by atoms with Crippen molar-refractivity contribution in [2.75, 3.05) is 25.0 Å². The SMILES string of the molecule is CCCCOC(=O)N1CCC(c2nc(C(=O)Nc3ccccc3-c3ccccc3)cs2)CC1. The molecule has 1 aliphatic heterocycles. The van der Waals surface area contributed by atoms with Gasteiger partial charge in [0, 0.05) is 35.6 Å². The molecule has 0 radical (unpaired) electrons. The first-order chi connectivity index (χ1) is 16.2. The highest BCUT2D eigenvalue weighted by atomic mass is 32.1. The van der Waals surface area contributed by atoms with Crippen LogP contribution < -0.4 is 5.32 Å². The Bertz CT molecular complexity index is 1080. The summed E-state index contributed by atoms with van der Waals surface area (Å²) in [5, 5.41) is 5.80. The third-order valence-corrected chi connectivity index (χ3v) is 6.85. The molecule has 0 saturated carbocycles. The molecule has 0 atom stereocenters. The summed E-state index contributed by atoms with van der Waals surface area (Å²) in [5.74, 6) is 0.0469. The van der Waals surface area contributed by atoms with E-state index in [9.17, 15) is 9.59 Å². The van der Waals surface area contributed by atoms with Crippen LogP contribution in [0.5, 0.6) is 0 Å². The molecule has 1 N–H and O–H groups in total. The summed E-state index contributed by atoms with van der Waals surface area (Å²) < 4.78 is 5.32. The maximum Gasteiger partial charge on any atom is 0.409 e. The van der Waals surface area contributed by atoms with E-state index in [1.807, 2.05) is 60.0 Å². The summed E-state index contributed by atoms with van der Waals surface area (Å²) >= 11 is 1.52. The number of thiazole rings is 1. The van der Waals surface area contributed by atoms with Gasteiger partial charge in [0.15, 0.2) is 0 Å². The third-order valence-electron chi connectivity index (χ3n) is 5.84. The summed E-state index contributed by atoms with van der Waals surface area (Å²) in [7, 11) is 0. The molecule has 0 unspecified atom stereocenters. The highest BCUT2D eigenvalue weighted by Crippen LogP contribution is 2.32. The molecule has 0 spiro atoms. The number of para-hydroxylation sites is 1. The van der Waals surface area contributed by atoms with Crippen LogP contribution in [0.2, 0.25) is 0 Å². The van der Waals surface area contributed by atoms with E-state index in [1.165, 1.54) is 11.3 Å². The van der Waals surface area contributed by atoms with Crippen LogP contribution in [0.25, 0.3) is 11.1 Å². The Morgan fingerprint density at radius 1 is 1.09 bits per heavy atom. The second-order valence-corrected chi connectivity index (χ2v) is 9.06. The number of carbonyl (C=O) groups is 2. The quantitative estimate of drug-likeness (QED) is 0.425. The van der Waals surface area contributed by atoms with Gasteiger partial charge in [0.25, 0.3) is 5.91 Å². The number of rotatable bonds is 7. The zero-order valence-corrected chi connectivity index (χ0v) is 19.6. The van der Waals surface area contributed by atoms with Crippen LogP contribution >= 0.6 is 11.3 Å². The smallest absolute Gasteiger partial charge is 0.409 e. The van der Waals surface area contributed by atoms with Gasteiger partial charge < -0.3 is 15.0 Å². The lowest BCUT2D eigenvalue weighted by Crippen LogP contribution is -2.38. The van der Waals surface area contributed by atoms with Gasteiger partial charge in [-0.2, -0.15) is 0 Å². The zero-order valence-electron chi connectivity index (χ0n) is 18.8. The molecule has 0 bridgehead atoms. The molecular weight excluding hydrogens is 434 g/mol. The van der Waals surface area contributed by atoms with E-state index in [2.05, 4.69) is 17.2 Å². The monoisotopic (exact) mass is 463 g/mol. The number of unbranched alkanes of at least 4 members (excludes halogenated alkanes) is 1. The highest BCUT2D eigenvalue weighted by Gasteiger charge is 2.27. The van der Waals surface area contributed by atoms with Crippen LogP contribution in [0.1, 0.15) is 54.0 Å². The van der Waals surface area contributed by atoms with Crippen molar-refractivity contribution in [2.45, 2.75) is 38.5 Å². The number of nitrogens with one attached hydrogen (secondary N) is 1. The fourth-order valence-corrected chi connectivity index (χ4v) is 4.90. The van der Waals surface area contributed by atoms with Crippen molar-refractivity contribution in [1.82, 2.24) is 9.88 Å². The molecule has 2 amide bonds. The van der Waals surface area contributed by atoms with Crippen molar-refractivity contribution in [3.05, 3.63) is 70.7 Å². The molecular formula is C26H29N3O3S. The maximum atomic E-state index is 12.9. The summed E-state index contributed by atoms with van der Waals surface area (Å²) in [6.45, 7) is 3.86. The first kappa shape index (κ1) is 23.0. The molecule has 0 aliphatic carbocycles. The summed E-state index contributed by atoms with van der Waals surface area (Å²) in [6.07, 6.45) is 3.33. The molecule has 172 valence electrons. The van der Waals surface area contributed by atoms with Crippen LogP contribution in [0.15, 0.2) is 60.0 Å². The molecule has 33 heavy (non-hydrogen) atoms. The molecule has 1 fully saturated rings. The molecule has 2 aromatic carbocycles. The lowest BCUT2D eigenvalue weighted by atomic mass is 9.98. The number of amides is 2. The van der Waals surface area contributed by atoms with E-state index < -0.39 is 0 Å². The van der Waals surface area contributed by atoms with Crippen LogP contribution in [0.3, 0.4) is 0 Å².